The summed E-state index contributed by atoms with van der Waals surface area (Å²) in [6.07, 6.45) is 0. The van der Waals surface area contributed by atoms with Crippen molar-refractivity contribution in [3.63, 3.8) is 0 Å². The fraction of sp³-hybridized carbons (Fsp3) is 0.333. The van der Waals surface area contributed by atoms with Gasteiger partial charge < -0.3 is 11.1 Å². The summed E-state index contributed by atoms with van der Waals surface area (Å²) >= 11 is 0. The molecule has 0 heterocycles. The van der Waals surface area contributed by atoms with Gasteiger partial charge in [-0.05, 0) is 38.2 Å². The number of hydrogen-bond acceptors (Lipinski definition) is 3. The molecule has 1 atom stereocenters. The minimum atomic E-state index is -0.524. The number of carbonyl (C=O) groups excluding carboxylic acids is 2. The van der Waals surface area contributed by atoms with Gasteiger partial charge in [-0.15, -0.1) is 0 Å². The van der Waals surface area contributed by atoms with E-state index in [4.69, 9.17) is 5.73 Å². The third-order valence-electron chi connectivity index (χ3n) is 2.59. The molecule has 5 nitrogen and oxygen atoms in total. The molecule has 0 aliphatic rings. The van der Waals surface area contributed by atoms with Crippen LogP contribution in [0.15, 0.2) is 24.3 Å². The highest BCUT2D eigenvalue weighted by molar-refractivity contribution is 5.92. The number of nitrogens with zero attached hydrogens (tertiary/aromatic N) is 1. The summed E-state index contributed by atoms with van der Waals surface area (Å²) in [5, 5.41) is 2.59. The molecule has 2 amide bonds. The maximum Gasteiger partial charge on any atom is 0.238 e. The van der Waals surface area contributed by atoms with Crippen LogP contribution in [-0.4, -0.2) is 36.3 Å². The van der Waals surface area contributed by atoms with E-state index in [9.17, 15) is 14.0 Å². The van der Waals surface area contributed by atoms with Gasteiger partial charge in [-0.25, -0.2) is 4.39 Å². The first-order chi connectivity index (χ1) is 8.40. The molecule has 0 fully saturated rings. The number of likely N-dealkylation sites (N-methyl/N-ethyl adjacent to an activating group) is 1. The number of nitrogens with two attached hydrogens (primary N) is 1. The maximum absolute atomic E-state index is 12.7. The molecule has 0 saturated heterocycles. The van der Waals surface area contributed by atoms with Crippen molar-refractivity contribution >= 4 is 17.5 Å². The van der Waals surface area contributed by atoms with Crippen LogP contribution in [0.25, 0.3) is 0 Å². The molecule has 3 N–H and O–H groups in total. The lowest BCUT2D eigenvalue weighted by Crippen LogP contribution is -2.43. The third kappa shape index (κ3) is 4.14. The van der Waals surface area contributed by atoms with Gasteiger partial charge in [-0.3, -0.25) is 14.5 Å². The van der Waals surface area contributed by atoms with Crippen LogP contribution < -0.4 is 11.1 Å². The molecule has 18 heavy (non-hydrogen) atoms. The van der Waals surface area contributed by atoms with Crippen LogP contribution in [0.4, 0.5) is 10.1 Å². The Bertz CT molecular complexity index is 433. The molecule has 6 heteroatoms. The minimum Gasteiger partial charge on any atom is -0.368 e. The summed E-state index contributed by atoms with van der Waals surface area (Å²) in [5.74, 6) is -1.16. The van der Waals surface area contributed by atoms with Crippen molar-refractivity contribution in [1.29, 1.82) is 0 Å². The maximum atomic E-state index is 12.7. The van der Waals surface area contributed by atoms with Gasteiger partial charge in [0.15, 0.2) is 0 Å². The molecule has 0 saturated carbocycles. The first kappa shape index (κ1) is 14.1. The molecule has 0 spiro atoms. The topological polar surface area (TPSA) is 75.4 Å². The van der Waals surface area contributed by atoms with Gasteiger partial charge in [0.25, 0.3) is 0 Å². The number of benzene rings is 1. The molecule has 0 aliphatic carbocycles. The van der Waals surface area contributed by atoms with E-state index in [0.717, 1.165) is 0 Å². The average molecular weight is 253 g/mol. The first-order valence-corrected chi connectivity index (χ1v) is 5.45. The smallest absolute Gasteiger partial charge is 0.238 e. The van der Waals surface area contributed by atoms with Crippen LogP contribution in [-0.2, 0) is 9.59 Å². The van der Waals surface area contributed by atoms with Crippen molar-refractivity contribution in [2.24, 2.45) is 5.73 Å². The highest BCUT2D eigenvalue weighted by Gasteiger charge is 2.17. The van der Waals surface area contributed by atoms with Crippen molar-refractivity contribution in [2.45, 2.75) is 13.0 Å². The van der Waals surface area contributed by atoms with Gasteiger partial charge >= 0.3 is 0 Å². The second-order valence-electron chi connectivity index (χ2n) is 4.05. The number of nitrogens with one attached hydrogen (secondary N) is 1. The molecule has 0 aliphatic heterocycles. The second kappa shape index (κ2) is 6.11. The number of rotatable bonds is 5. The molecule has 1 aromatic carbocycles. The number of amides is 2. The Morgan fingerprint density at radius 2 is 1.94 bits per heavy atom. The van der Waals surface area contributed by atoms with Crippen LogP contribution in [0.3, 0.4) is 0 Å². The van der Waals surface area contributed by atoms with Gasteiger partial charge in [0.05, 0.1) is 12.6 Å². The Labute approximate surface area is 105 Å². The van der Waals surface area contributed by atoms with Crippen LogP contribution in [0.5, 0.6) is 0 Å². The predicted molar refractivity (Wildman–Crippen MR) is 66.3 cm³/mol. The fourth-order valence-electron chi connectivity index (χ4n) is 1.31. The van der Waals surface area contributed by atoms with E-state index in [1.54, 1.807) is 14.0 Å². The molecular formula is C12H16FN3O2. The lowest BCUT2D eigenvalue weighted by atomic mass is 10.2. The summed E-state index contributed by atoms with van der Waals surface area (Å²) in [6, 6.07) is 4.91. The summed E-state index contributed by atoms with van der Waals surface area (Å²) in [4.78, 5) is 24.1. The van der Waals surface area contributed by atoms with Crippen molar-refractivity contribution in [3.05, 3.63) is 30.1 Å². The number of primary amides is 1. The highest BCUT2D eigenvalue weighted by atomic mass is 19.1. The number of hydrogen-bond donors (Lipinski definition) is 2. The van der Waals surface area contributed by atoms with Crippen molar-refractivity contribution in [1.82, 2.24) is 4.90 Å². The van der Waals surface area contributed by atoms with Crippen LogP contribution in [0.2, 0.25) is 0 Å². The summed E-state index contributed by atoms with van der Waals surface area (Å²) in [7, 11) is 1.62. The number of halogens is 1. The predicted octanol–water partition coefficient (Wildman–Crippen LogP) is 0.570. The Hall–Kier alpha value is -1.95. The summed E-state index contributed by atoms with van der Waals surface area (Å²) in [5.41, 5.74) is 5.63. The summed E-state index contributed by atoms with van der Waals surface area (Å²) in [6.45, 7) is 1.65. The zero-order valence-corrected chi connectivity index (χ0v) is 10.3. The van der Waals surface area contributed by atoms with Crippen molar-refractivity contribution < 1.29 is 14.0 Å². The van der Waals surface area contributed by atoms with E-state index in [1.165, 1.54) is 29.2 Å². The number of anilines is 1. The zero-order valence-electron chi connectivity index (χ0n) is 10.3. The minimum absolute atomic E-state index is 0.0292. The van der Waals surface area contributed by atoms with E-state index in [0.29, 0.717) is 5.69 Å². The zero-order chi connectivity index (χ0) is 13.7. The first-order valence-electron chi connectivity index (χ1n) is 5.45. The van der Waals surface area contributed by atoms with E-state index in [2.05, 4.69) is 5.32 Å². The molecule has 1 aromatic rings. The van der Waals surface area contributed by atoms with Gasteiger partial charge in [0.2, 0.25) is 11.8 Å². The molecule has 1 rings (SSSR count). The van der Waals surface area contributed by atoms with E-state index in [1.807, 2.05) is 0 Å². The Balaban J connectivity index is 2.51. The van der Waals surface area contributed by atoms with Gasteiger partial charge in [-0.1, -0.05) is 0 Å². The molecular weight excluding hydrogens is 237 g/mol. The van der Waals surface area contributed by atoms with E-state index >= 15 is 0 Å². The van der Waals surface area contributed by atoms with Gasteiger partial charge in [-0.2, -0.15) is 0 Å². The van der Waals surface area contributed by atoms with Crippen LogP contribution >= 0.6 is 0 Å². The SMILES string of the molecule is C[C@@H](C(N)=O)N(C)CC(=O)Nc1ccc(F)cc1. The van der Waals surface area contributed by atoms with Gasteiger partial charge in [0, 0.05) is 5.69 Å². The van der Waals surface area contributed by atoms with Crippen LogP contribution in [0, 0.1) is 5.82 Å². The molecule has 0 aromatic heterocycles. The summed E-state index contributed by atoms with van der Waals surface area (Å²) < 4.78 is 12.7. The van der Waals surface area contributed by atoms with E-state index in [-0.39, 0.29) is 18.3 Å². The fourth-order valence-corrected chi connectivity index (χ4v) is 1.31. The molecule has 0 unspecified atom stereocenters. The second-order valence-corrected chi connectivity index (χ2v) is 4.05. The quantitative estimate of drug-likeness (QED) is 0.805. The molecule has 98 valence electrons. The lowest BCUT2D eigenvalue weighted by Gasteiger charge is -2.21. The van der Waals surface area contributed by atoms with Crippen molar-refractivity contribution in [2.75, 3.05) is 18.9 Å². The molecule has 0 radical (unpaired) electrons. The highest BCUT2D eigenvalue weighted by Crippen LogP contribution is 2.08. The van der Waals surface area contributed by atoms with Crippen LogP contribution in [0.1, 0.15) is 6.92 Å². The Morgan fingerprint density at radius 1 is 1.39 bits per heavy atom. The average Bonchev–Trinajstić information content (AvgIpc) is 2.30. The Kier molecular flexibility index (Phi) is 4.79. The Morgan fingerprint density at radius 3 is 2.44 bits per heavy atom. The van der Waals surface area contributed by atoms with E-state index < -0.39 is 11.9 Å². The monoisotopic (exact) mass is 253 g/mol. The molecule has 0 bridgehead atoms. The largest absolute Gasteiger partial charge is 0.368 e. The lowest BCUT2D eigenvalue weighted by molar-refractivity contribution is -0.123. The normalized spacial score (nSPS) is 12.2. The van der Waals surface area contributed by atoms with Crippen molar-refractivity contribution in [3.8, 4) is 0 Å². The third-order valence-corrected chi connectivity index (χ3v) is 2.59. The number of carbonyl (C=O) groups is 2. The standard InChI is InChI=1S/C12H16FN3O2/c1-8(12(14)18)16(2)7-11(17)15-10-5-3-9(13)4-6-10/h3-6,8H,7H2,1-2H3,(H2,14,18)(H,15,17)/t8-/m0/s1. The van der Waals surface area contributed by atoms with Gasteiger partial charge in [0.1, 0.15) is 5.82 Å².